The van der Waals surface area contributed by atoms with E-state index in [1.807, 2.05) is 25.2 Å². The zero-order chi connectivity index (χ0) is 13.7. The number of nitrogens with zero attached hydrogens (tertiary/aromatic N) is 3. The third-order valence-corrected chi connectivity index (χ3v) is 3.64. The number of para-hydroxylation sites is 1. The number of guanidine groups is 1. The first-order valence-electron chi connectivity index (χ1n) is 6.71. The van der Waals surface area contributed by atoms with Crippen molar-refractivity contribution in [1.29, 1.82) is 0 Å². The minimum Gasteiger partial charge on any atom is -0.367 e. The smallest absolute Gasteiger partial charge is 0.193 e. The number of halogens is 2. The van der Waals surface area contributed by atoms with Crippen LogP contribution in [0, 0.1) is 0 Å². The average molecular weight is 409 g/mol. The van der Waals surface area contributed by atoms with Crippen LogP contribution in [0.3, 0.4) is 0 Å². The Hall–Kier alpha value is -0.690. The molecule has 0 amide bonds. The standard InChI is InChI=1S/C14H21ClN4.HI/c1-3-17-14(16-2)19-10-8-18(9-11-19)13-7-5-4-6-12(13)15;/h4-7H,3,8-11H2,1-2H3,(H,16,17);1H. The van der Waals surface area contributed by atoms with E-state index < -0.39 is 0 Å². The highest BCUT2D eigenvalue weighted by atomic mass is 127. The summed E-state index contributed by atoms with van der Waals surface area (Å²) in [4.78, 5) is 8.92. The number of anilines is 1. The Morgan fingerprint density at radius 3 is 2.45 bits per heavy atom. The molecule has 112 valence electrons. The summed E-state index contributed by atoms with van der Waals surface area (Å²) >= 11 is 6.24. The van der Waals surface area contributed by atoms with E-state index >= 15 is 0 Å². The highest BCUT2D eigenvalue weighted by molar-refractivity contribution is 14.0. The van der Waals surface area contributed by atoms with Gasteiger partial charge >= 0.3 is 0 Å². The van der Waals surface area contributed by atoms with Crippen molar-refractivity contribution < 1.29 is 0 Å². The molecule has 0 spiro atoms. The molecule has 0 aliphatic carbocycles. The van der Waals surface area contributed by atoms with E-state index in [1.54, 1.807) is 0 Å². The van der Waals surface area contributed by atoms with E-state index in [2.05, 4.69) is 33.1 Å². The van der Waals surface area contributed by atoms with E-state index in [0.717, 1.165) is 49.4 Å². The molecule has 0 unspecified atom stereocenters. The first-order chi connectivity index (χ1) is 9.26. The number of hydrogen-bond donors (Lipinski definition) is 1. The summed E-state index contributed by atoms with van der Waals surface area (Å²) in [7, 11) is 1.83. The Balaban J connectivity index is 0.00000200. The quantitative estimate of drug-likeness (QED) is 0.464. The Morgan fingerprint density at radius 1 is 1.25 bits per heavy atom. The summed E-state index contributed by atoms with van der Waals surface area (Å²) in [6.45, 7) is 6.85. The van der Waals surface area contributed by atoms with Gasteiger partial charge < -0.3 is 15.1 Å². The zero-order valence-corrected chi connectivity index (χ0v) is 15.1. The van der Waals surface area contributed by atoms with Crippen molar-refractivity contribution in [1.82, 2.24) is 10.2 Å². The number of nitrogens with one attached hydrogen (secondary N) is 1. The van der Waals surface area contributed by atoms with Crippen LogP contribution in [0.25, 0.3) is 0 Å². The van der Waals surface area contributed by atoms with Crippen molar-refractivity contribution in [3.05, 3.63) is 29.3 Å². The third kappa shape index (κ3) is 4.15. The normalized spacial score (nSPS) is 15.8. The number of piperazine rings is 1. The van der Waals surface area contributed by atoms with Crippen LogP contribution in [0.15, 0.2) is 29.3 Å². The molecule has 0 aromatic heterocycles. The van der Waals surface area contributed by atoms with Gasteiger partial charge in [0.2, 0.25) is 0 Å². The Morgan fingerprint density at radius 2 is 1.90 bits per heavy atom. The Labute approximate surface area is 143 Å². The van der Waals surface area contributed by atoms with Crippen molar-refractivity contribution in [2.24, 2.45) is 4.99 Å². The number of hydrogen-bond acceptors (Lipinski definition) is 2. The van der Waals surface area contributed by atoms with Crippen molar-refractivity contribution in [3.8, 4) is 0 Å². The van der Waals surface area contributed by atoms with Gasteiger partial charge in [-0.05, 0) is 19.1 Å². The van der Waals surface area contributed by atoms with Gasteiger partial charge in [0.25, 0.3) is 0 Å². The van der Waals surface area contributed by atoms with Crippen LogP contribution in [0.4, 0.5) is 5.69 Å². The van der Waals surface area contributed by atoms with E-state index in [1.165, 1.54) is 0 Å². The van der Waals surface area contributed by atoms with Crippen LogP contribution in [0.1, 0.15) is 6.92 Å². The lowest BCUT2D eigenvalue weighted by molar-refractivity contribution is 0.373. The van der Waals surface area contributed by atoms with Gasteiger partial charge in [0, 0.05) is 39.8 Å². The summed E-state index contributed by atoms with van der Waals surface area (Å²) in [6, 6.07) is 8.03. The third-order valence-electron chi connectivity index (χ3n) is 3.32. The molecule has 0 atom stereocenters. The molecule has 1 aliphatic rings. The Kier molecular flexibility index (Phi) is 7.43. The van der Waals surface area contributed by atoms with Crippen molar-refractivity contribution in [2.75, 3.05) is 44.7 Å². The first kappa shape index (κ1) is 17.4. The highest BCUT2D eigenvalue weighted by Gasteiger charge is 2.20. The first-order valence-corrected chi connectivity index (χ1v) is 7.09. The fourth-order valence-electron chi connectivity index (χ4n) is 2.36. The highest BCUT2D eigenvalue weighted by Crippen LogP contribution is 2.25. The summed E-state index contributed by atoms with van der Waals surface area (Å²) in [5.41, 5.74) is 1.13. The molecule has 0 bridgehead atoms. The van der Waals surface area contributed by atoms with Gasteiger partial charge in [-0.3, -0.25) is 4.99 Å². The minimum absolute atomic E-state index is 0. The number of aliphatic imine (C=N–C) groups is 1. The predicted molar refractivity (Wildman–Crippen MR) is 97.7 cm³/mol. The molecule has 0 saturated carbocycles. The summed E-state index contributed by atoms with van der Waals surface area (Å²) in [5, 5.41) is 4.13. The van der Waals surface area contributed by atoms with Crippen LogP contribution in [-0.4, -0.2) is 50.6 Å². The van der Waals surface area contributed by atoms with Crippen molar-refractivity contribution in [2.45, 2.75) is 6.92 Å². The van der Waals surface area contributed by atoms with Gasteiger partial charge in [-0.2, -0.15) is 0 Å². The molecular weight excluding hydrogens is 387 g/mol. The number of rotatable bonds is 2. The maximum absolute atomic E-state index is 6.24. The van der Waals surface area contributed by atoms with Gasteiger partial charge in [-0.25, -0.2) is 0 Å². The second-order valence-electron chi connectivity index (χ2n) is 4.50. The molecule has 1 aliphatic heterocycles. The minimum atomic E-state index is 0. The molecule has 1 fully saturated rings. The molecule has 6 heteroatoms. The van der Waals surface area contributed by atoms with E-state index in [4.69, 9.17) is 11.6 Å². The van der Waals surface area contributed by atoms with Crippen LogP contribution in [0.5, 0.6) is 0 Å². The molecule has 0 radical (unpaired) electrons. The lowest BCUT2D eigenvalue weighted by atomic mass is 10.2. The van der Waals surface area contributed by atoms with E-state index in [9.17, 15) is 0 Å². The van der Waals surface area contributed by atoms with Gasteiger partial charge in [0.05, 0.1) is 10.7 Å². The van der Waals surface area contributed by atoms with Crippen LogP contribution < -0.4 is 10.2 Å². The molecule has 1 saturated heterocycles. The van der Waals surface area contributed by atoms with Crippen molar-refractivity contribution in [3.63, 3.8) is 0 Å². The summed E-state index contributed by atoms with van der Waals surface area (Å²) < 4.78 is 0. The molecule has 4 nitrogen and oxygen atoms in total. The van der Waals surface area contributed by atoms with Gasteiger partial charge in [0.1, 0.15) is 0 Å². The van der Waals surface area contributed by atoms with Crippen LogP contribution in [0.2, 0.25) is 5.02 Å². The summed E-state index contributed by atoms with van der Waals surface area (Å²) in [6.07, 6.45) is 0. The van der Waals surface area contributed by atoms with E-state index in [0.29, 0.717) is 0 Å². The molecule has 1 aromatic carbocycles. The average Bonchev–Trinajstić information content (AvgIpc) is 2.46. The SMILES string of the molecule is CCNC(=NC)N1CCN(c2ccccc2Cl)CC1.I. The predicted octanol–water partition coefficient (Wildman–Crippen LogP) is 2.68. The molecular formula is C14H22ClIN4. The van der Waals surface area contributed by atoms with E-state index in [-0.39, 0.29) is 24.0 Å². The largest absolute Gasteiger partial charge is 0.367 e. The van der Waals surface area contributed by atoms with Crippen LogP contribution in [-0.2, 0) is 0 Å². The fourth-order valence-corrected chi connectivity index (χ4v) is 2.61. The molecule has 2 rings (SSSR count). The second-order valence-corrected chi connectivity index (χ2v) is 4.91. The monoisotopic (exact) mass is 408 g/mol. The number of benzene rings is 1. The summed E-state index contributed by atoms with van der Waals surface area (Å²) in [5.74, 6) is 0.987. The van der Waals surface area contributed by atoms with Gasteiger partial charge in [0.15, 0.2) is 5.96 Å². The van der Waals surface area contributed by atoms with Gasteiger partial charge in [-0.1, -0.05) is 23.7 Å². The lowest BCUT2D eigenvalue weighted by Crippen LogP contribution is -2.52. The topological polar surface area (TPSA) is 30.9 Å². The van der Waals surface area contributed by atoms with Crippen LogP contribution >= 0.6 is 35.6 Å². The van der Waals surface area contributed by atoms with Gasteiger partial charge in [-0.15, -0.1) is 24.0 Å². The lowest BCUT2D eigenvalue weighted by Gasteiger charge is -2.37. The fraction of sp³-hybridized carbons (Fsp3) is 0.500. The molecule has 1 aromatic rings. The molecule has 20 heavy (non-hydrogen) atoms. The molecule has 1 N–H and O–H groups in total. The Bertz CT molecular complexity index is 445. The maximum atomic E-state index is 6.24. The zero-order valence-electron chi connectivity index (χ0n) is 12.0. The molecule has 1 heterocycles. The van der Waals surface area contributed by atoms with Crippen molar-refractivity contribution >= 4 is 47.2 Å². The maximum Gasteiger partial charge on any atom is 0.193 e. The second kappa shape index (κ2) is 8.56.